The molecule has 4 nitrogen and oxygen atoms in total. The molecule has 0 saturated carbocycles. The van der Waals surface area contributed by atoms with Gasteiger partial charge in [0.1, 0.15) is 0 Å². The number of hydrogen-bond donors (Lipinski definition) is 0. The highest BCUT2D eigenvalue weighted by molar-refractivity contribution is 6.10. The Bertz CT molecular complexity index is 3080. The van der Waals surface area contributed by atoms with Crippen LogP contribution < -0.4 is 0 Å². The number of aromatic nitrogens is 4. The van der Waals surface area contributed by atoms with Crippen LogP contribution in [0.4, 0.5) is 0 Å². The fourth-order valence-corrected chi connectivity index (χ4v) is 8.72. The minimum atomic E-state index is 0.501. The normalized spacial score (nSPS) is 13.7. The first-order valence-corrected chi connectivity index (χ1v) is 19.7. The highest BCUT2D eigenvalue weighted by Gasteiger charge is 2.22. The number of benzene rings is 7. The molecule has 0 bridgehead atoms. The molecule has 1 unspecified atom stereocenters. The second kappa shape index (κ2) is 13.5. The molecular formula is C53H38N4. The molecule has 1 aliphatic carbocycles. The van der Waals surface area contributed by atoms with Gasteiger partial charge in [-0.1, -0.05) is 134 Å². The topological polar surface area (TPSA) is 35.6 Å². The number of rotatable bonds is 6. The van der Waals surface area contributed by atoms with Crippen LogP contribution in [0.1, 0.15) is 18.2 Å². The average molecular weight is 731 g/mol. The van der Waals surface area contributed by atoms with E-state index in [4.69, 9.17) is 9.97 Å². The fourth-order valence-electron chi connectivity index (χ4n) is 8.72. The lowest BCUT2D eigenvalue weighted by Crippen LogP contribution is -2.08. The quantitative estimate of drug-likeness (QED) is 0.171. The zero-order valence-electron chi connectivity index (χ0n) is 31.5. The summed E-state index contributed by atoms with van der Waals surface area (Å²) >= 11 is 0. The zero-order valence-corrected chi connectivity index (χ0v) is 31.5. The van der Waals surface area contributed by atoms with Crippen LogP contribution in [-0.4, -0.2) is 19.1 Å². The molecule has 10 aromatic rings. The second-order valence-electron chi connectivity index (χ2n) is 15.1. The lowest BCUT2D eigenvalue weighted by Gasteiger charge is -2.17. The van der Waals surface area contributed by atoms with Gasteiger partial charge in [0.15, 0.2) is 5.82 Å². The maximum absolute atomic E-state index is 5.08. The van der Waals surface area contributed by atoms with Gasteiger partial charge in [-0.3, -0.25) is 0 Å². The van der Waals surface area contributed by atoms with Crippen molar-refractivity contribution >= 4 is 38.8 Å². The van der Waals surface area contributed by atoms with Crippen LogP contribution in [0.25, 0.3) is 95.2 Å². The molecule has 57 heavy (non-hydrogen) atoms. The van der Waals surface area contributed by atoms with Crippen molar-refractivity contribution in [3.63, 3.8) is 0 Å². The third kappa shape index (κ3) is 5.68. The predicted molar refractivity (Wildman–Crippen MR) is 237 cm³/mol. The van der Waals surface area contributed by atoms with Crippen LogP contribution in [-0.2, 0) is 6.42 Å². The molecule has 3 aromatic heterocycles. The van der Waals surface area contributed by atoms with Crippen LogP contribution in [0.15, 0.2) is 188 Å². The molecule has 4 heteroatoms. The van der Waals surface area contributed by atoms with Gasteiger partial charge in [0.25, 0.3) is 0 Å². The lowest BCUT2D eigenvalue weighted by atomic mass is 9.94. The summed E-state index contributed by atoms with van der Waals surface area (Å²) in [6.07, 6.45) is 5.72. The monoisotopic (exact) mass is 730 g/mol. The van der Waals surface area contributed by atoms with E-state index in [2.05, 4.69) is 198 Å². The van der Waals surface area contributed by atoms with Gasteiger partial charge in [-0.2, -0.15) is 0 Å². The number of hydrogen-bond acceptors (Lipinski definition) is 2. The number of allylic oxidation sites excluding steroid dienone is 1. The van der Waals surface area contributed by atoms with Gasteiger partial charge in [0, 0.05) is 55.5 Å². The summed E-state index contributed by atoms with van der Waals surface area (Å²) in [7, 11) is 0. The standard InChI is InChI=1S/C53H38N4/c1-35-21-28-45-46-32-39(25-30-50(46)56(51(45)31-35)41-17-9-4-10-18-41)40-24-29-44-43-19-11-12-20-49(43)57(52(44)33-40)42-26-22-38(23-27-42)53-54-47(36-13-5-2-6-14-36)34-48(55-53)37-15-7-3-8-16-37/h2-30,32-35H,31H2,1H3. The van der Waals surface area contributed by atoms with E-state index in [0.717, 1.165) is 40.2 Å². The fraction of sp³-hybridized carbons (Fsp3) is 0.0566. The maximum Gasteiger partial charge on any atom is 0.160 e. The minimum absolute atomic E-state index is 0.501. The van der Waals surface area contributed by atoms with E-state index in [9.17, 15) is 0 Å². The van der Waals surface area contributed by atoms with E-state index in [1.54, 1.807) is 0 Å². The highest BCUT2D eigenvalue weighted by atomic mass is 15.0. The molecule has 0 radical (unpaired) electrons. The van der Waals surface area contributed by atoms with Crippen molar-refractivity contribution < 1.29 is 0 Å². The van der Waals surface area contributed by atoms with Gasteiger partial charge in [-0.05, 0) is 90.2 Å². The number of nitrogens with zero attached hydrogens (tertiary/aromatic N) is 4. The van der Waals surface area contributed by atoms with Crippen LogP contribution in [0, 0.1) is 5.92 Å². The molecule has 0 amide bonds. The van der Waals surface area contributed by atoms with Gasteiger partial charge < -0.3 is 9.13 Å². The Hall–Kier alpha value is -7.30. The third-order valence-corrected chi connectivity index (χ3v) is 11.5. The third-order valence-electron chi connectivity index (χ3n) is 11.5. The van der Waals surface area contributed by atoms with Gasteiger partial charge in [0.2, 0.25) is 0 Å². The molecule has 1 aliphatic rings. The summed E-state index contributed by atoms with van der Waals surface area (Å²) in [5.74, 6) is 1.20. The van der Waals surface area contributed by atoms with Gasteiger partial charge in [-0.25, -0.2) is 9.97 Å². The Morgan fingerprint density at radius 2 is 1.00 bits per heavy atom. The van der Waals surface area contributed by atoms with Crippen molar-refractivity contribution in [2.45, 2.75) is 13.3 Å². The Morgan fingerprint density at radius 3 is 1.72 bits per heavy atom. The molecule has 0 spiro atoms. The highest BCUT2D eigenvalue weighted by Crippen LogP contribution is 2.40. The summed E-state index contributed by atoms with van der Waals surface area (Å²) in [4.78, 5) is 10.2. The Kier molecular flexibility index (Phi) is 7.82. The number of para-hydroxylation sites is 2. The van der Waals surface area contributed by atoms with Crippen LogP contribution in [0.2, 0.25) is 0 Å². The zero-order chi connectivity index (χ0) is 37.9. The SMILES string of the molecule is CC1C=Cc2c(n(-c3ccccc3)c3ccc(-c4ccc5c6ccccc6n(-c6ccc(-c7nc(-c8ccccc8)cc(-c8ccccc8)n7)cc6)c5c4)cc23)C1. The molecule has 1 atom stereocenters. The predicted octanol–water partition coefficient (Wildman–Crippen LogP) is 13.4. The van der Waals surface area contributed by atoms with E-state index in [1.807, 2.05) is 12.1 Å². The minimum Gasteiger partial charge on any atom is -0.313 e. The van der Waals surface area contributed by atoms with E-state index < -0.39 is 0 Å². The summed E-state index contributed by atoms with van der Waals surface area (Å²) < 4.78 is 4.86. The first-order chi connectivity index (χ1) is 28.2. The van der Waals surface area contributed by atoms with Gasteiger partial charge in [-0.15, -0.1) is 0 Å². The lowest BCUT2D eigenvalue weighted by molar-refractivity contribution is 0.690. The average Bonchev–Trinajstić information content (AvgIpc) is 3.78. The molecule has 7 aromatic carbocycles. The van der Waals surface area contributed by atoms with Crippen molar-refractivity contribution in [1.29, 1.82) is 0 Å². The molecule has 3 heterocycles. The van der Waals surface area contributed by atoms with Gasteiger partial charge >= 0.3 is 0 Å². The van der Waals surface area contributed by atoms with Crippen LogP contribution >= 0.6 is 0 Å². The molecule has 0 aliphatic heterocycles. The van der Waals surface area contributed by atoms with Crippen molar-refractivity contribution in [2.24, 2.45) is 5.92 Å². The molecule has 0 N–H and O–H groups in total. The van der Waals surface area contributed by atoms with Crippen molar-refractivity contribution in [3.05, 3.63) is 199 Å². The number of fused-ring (bicyclic) bond motifs is 6. The van der Waals surface area contributed by atoms with Crippen molar-refractivity contribution in [2.75, 3.05) is 0 Å². The van der Waals surface area contributed by atoms with Crippen molar-refractivity contribution in [1.82, 2.24) is 19.1 Å². The Labute approximate surface area is 331 Å². The summed E-state index contributed by atoms with van der Waals surface area (Å²) in [6, 6.07) is 64.9. The molecule has 270 valence electrons. The summed E-state index contributed by atoms with van der Waals surface area (Å²) in [6.45, 7) is 2.30. The van der Waals surface area contributed by atoms with E-state index in [0.29, 0.717) is 11.7 Å². The Morgan fingerprint density at radius 1 is 0.439 bits per heavy atom. The van der Waals surface area contributed by atoms with Crippen LogP contribution in [0.3, 0.4) is 0 Å². The van der Waals surface area contributed by atoms with E-state index in [1.165, 1.54) is 60.8 Å². The van der Waals surface area contributed by atoms with E-state index in [-0.39, 0.29) is 0 Å². The smallest absolute Gasteiger partial charge is 0.160 e. The second-order valence-corrected chi connectivity index (χ2v) is 15.1. The van der Waals surface area contributed by atoms with Gasteiger partial charge in [0.05, 0.1) is 27.9 Å². The molecular weight excluding hydrogens is 693 g/mol. The van der Waals surface area contributed by atoms with Crippen LogP contribution in [0.5, 0.6) is 0 Å². The van der Waals surface area contributed by atoms with Crippen molar-refractivity contribution in [3.8, 4) is 56.4 Å². The Balaban J connectivity index is 1.03. The summed E-state index contributed by atoms with van der Waals surface area (Å²) in [5, 5.41) is 3.76. The molecule has 0 fully saturated rings. The summed E-state index contributed by atoms with van der Waals surface area (Å²) in [5.41, 5.74) is 15.9. The first-order valence-electron chi connectivity index (χ1n) is 19.7. The first kappa shape index (κ1) is 33.1. The largest absolute Gasteiger partial charge is 0.313 e. The van der Waals surface area contributed by atoms with E-state index >= 15 is 0 Å². The molecule has 0 saturated heterocycles. The maximum atomic E-state index is 5.08. The molecule has 11 rings (SSSR count).